The third kappa shape index (κ3) is 5.15. The fourth-order valence-electron chi connectivity index (χ4n) is 4.08. The highest BCUT2D eigenvalue weighted by atomic mass is 32.2. The molecule has 2 atom stereocenters. The molecule has 0 saturated heterocycles. The van der Waals surface area contributed by atoms with Gasteiger partial charge >= 0.3 is 0 Å². The minimum absolute atomic E-state index is 0.0421. The molecule has 1 amide bonds. The van der Waals surface area contributed by atoms with Crippen LogP contribution in [0.25, 0.3) is 10.9 Å². The number of para-hydroxylation sites is 1. The van der Waals surface area contributed by atoms with Crippen molar-refractivity contribution in [3.8, 4) is 0 Å². The molecule has 5 nitrogen and oxygen atoms in total. The van der Waals surface area contributed by atoms with Crippen LogP contribution in [0.5, 0.6) is 0 Å². The van der Waals surface area contributed by atoms with Gasteiger partial charge in [0.05, 0.1) is 23.2 Å². The summed E-state index contributed by atoms with van der Waals surface area (Å²) in [5.41, 5.74) is 1.23. The maximum atomic E-state index is 13.3. The summed E-state index contributed by atoms with van der Waals surface area (Å²) >= 11 is 1.26. The summed E-state index contributed by atoms with van der Waals surface area (Å²) < 4.78 is 14.9. The number of amides is 1. The van der Waals surface area contributed by atoms with E-state index < -0.39 is 0 Å². The van der Waals surface area contributed by atoms with E-state index in [2.05, 4.69) is 17.2 Å². The Morgan fingerprint density at radius 2 is 1.90 bits per heavy atom. The van der Waals surface area contributed by atoms with Gasteiger partial charge in [-0.15, -0.1) is 0 Å². The summed E-state index contributed by atoms with van der Waals surface area (Å²) in [7, 11) is 0. The number of thioether (sulfide) groups is 1. The third-order valence-electron chi connectivity index (χ3n) is 5.87. The van der Waals surface area contributed by atoms with Gasteiger partial charge in [0.25, 0.3) is 5.56 Å². The maximum Gasteiger partial charge on any atom is 0.262 e. The smallest absolute Gasteiger partial charge is 0.262 e. The first kappa shape index (κ1) is 21.6. The summed E-state index contributed by atoms with van der Waals surface area (Å²) in [5, 5.41) is 4.16. The molecule has 162 valence electrons. The Balaban J connectivity index is 1.57. The summed E-state index contributed by atoms with van der Waals surface area (Å²) in [5.74, 6) is 0.311. The molecular formula is C24H26FN3O2S. The highest BCUT2D eigenvalue weighted by Crippen LogP contribution is 2.24. The van der Waals surface area contributed by atoms with E-state index in [4.69, 9.17) is 0 Å². The van der Waals surface area contributed by atoms with Gasteiger partial charge in [0.2, 0.25) is 5.91 Å². The van der Waals surface area contributed by atoms with Crippen LogP contribution in [0, 0.1) is 11.7 Å². The number of benzene rings is 2. The SMILES string of the molecule is C[C@H]1CCCC[C@@H]1NC(=O)CSc1nc2ccccc2c(=O)n1Cc1ccc(F)cc1. The van der Waals surface area contributed by atoms with Crippen molar-refractivity contribution in [3.63, 3.8) is 0 Å². The molecule has 1 N–H and O–H groups in total. The van der Waals surface area contributed by atoms with E-state index in [0.717, 1.165) is 24.8 Å². The van der Waals surface area contributed by atoms with Gasteiger partial charge in [-0.25, -0.2) is 9.37 Å². The zero-order valence-electron chi connectivity index (χ0n) is 17.5. The van der Waals surface area contributed by atoms with Crippen LogP contribution in [0.2, 0.25) is 0 Å². The van der Waals surface area contributed by atoms with Crippen LogP contribution < -0.4 is 10.9 Å². The minimum Gasteiger partial charge on any atom is -0.352 e. The lowest BCUT2D eigenvalue weighted by molar-refractivity contribution is -0.119. The van der Waals surface area contributed by atoms with Crippen LogP contribution in [0.3, 0.4) is 0 Å². The average molecular weight is 440 g/mol. The molecule has 0 aliphatic heterocycles. The topological polar surface area (TPSA) is 64.0 Å². The fourth-order valence-corrected chi connectivity index (χ4v) is 4.89. The minimum atomic E-state index is -0.323. The lowest BCUT2D eigenvalue weighted by atomic mass is 9.86. The van der Waals surface area contributed by atoms with Crippen LogP contribution in [0.15, 0.2) is 58.5 Å². The number of carbonyl (C=O) groups excluding carboxylic acids is 1. The normalized spacial score (nSPS) is 18.8. The average Bonchev–Trinajstić information content (AvgIpc) is 2.77. The first-order valence-corrected chi connectivity index (χ1v) is 11.7. The van der Waals surface area contributed by atoms with Crippen molar-refractivity contribution in [2.75, 3.05) is 5.75 Å². The van der Waals surface area contributed by atoms with Crippen molar-refractivity contribution < 1.29 is 9.18 Å². The molecule has 0 bridgehead atoms. The number of nitrogens with zero attached hydrogens (tertiary/aromatic N) is 2. The van der Waals surface area contributed by atoms with E-state index in [1.165, 1.54) is 30.3 Å². The quantitative estimate of drug-likeness (QED) is 0.458. The molecule has 2 aromatic carbocycles. The zero-order valence-corrected chi connectivity index (χ0v) is 18.3. The summed E-state index contributed by atoms with van der Waals surface area (Å²) in [4.78, 5) is 30.4. The van der Waals surface area contributed by atoms with E-state index >= 15 is 0 Å². The Kier molecular flexibility index (Phi) is 6.70. The van der Waals surface area contributed by atoms with E-state index in [1.54, 1.807) is 34.9 Å². The maximum absolute atomic E-state index is 13.3. The Bertz CT molecular complexity index is 1130. The molecule has 1 saturated carbocycles. The molecule has 1 fully saturated rings. The number of rotatable bonds is 6. The highest BCUT2D eigenvalue weighted by molar-refractivity contribution is 7.99. The van der Waals surface area contributed by atoms with Crippen molar-refractivity contribution in [2.45, 2.75) is 50.4 Å². The molecule has 7 heteroatoms. The third-order valence-corrected chi connectivity index (χ3v) is 6.85. The number of carbonyl (C=O) groups is 1. The van der Waals surface area contributed by atoms with Crippen molar-refractivity contribution in [1.82, 2.24) is 14.9 Å². The molecule has 3 aromatic rings. The standard InChI is InChI=1S/C24H26FN3O2S/c1-16-6-2-4-8-20(16)26-22(29)15-31-24-27-21-9-5-3-7-19(21)23(30)28(24)14-17-10-12-18(25)13-11-17/h3,5,7,9-13,16,20H,2,4,6,8,14-15H2,1H3,(H,26,29)/t16-,20-/m0/s1. The molecule has 0 spiro atoms. The second-order valence-corrected chi connectivity index (χ2v) is 9.10. The molecule has 0 unspecified atom stereocenters. The highest BCUT2D eigenvalue weighted by Gasteiger charge is 2.23. The van der Waals surface area contributed by atoms with E-state index in [-0.39, 0.29) is 35.6 Å². The van der Waals surface area contributed by atoms with Crippen molar-refractivity contribution >= 4 is 28.6 Å². The number of hydrogen-bond acceptors (Lipinski definition) is 4. The predicted molar refractivity (Wildman–Crippen MR) is 122 cm³/mol. The Morgan fingerprint density at radius 3 is 2.68 bits per heavy atom. The largest absolute Gasteiger partial charge is 0.352 e. The first-order valence-electron chi connectivity index (χ1n) is 10.7. The van der Waals surface area contributed by atoms with Crippen molar-refractivity contribution in [1.29, 1.82) is 0 Å². The second kappa shape index (κ2) is 9.64. The van der Waals surface area contributed by atoms with Gasteiger partial charge in [-0.2, -0.15) is 0 Å². The Hall–Kier alpha value is -2.67. The summed E-state index contributed by atoms with van der Waals surface area (Å²) in [6, 6.07) is 13.5. The van der Waals surface area contributed by atoms with E-state index in [1.807, 2.05) is 6.07 Å². The predicted octanol–water partition coefficient (Wildman–Crippen LogP) is 4.37. The summed E-state index contributed by atoms with van der Waals surface area (Å²) in [6.07, 6.45) is 4.52. The second-order valence-electron chi connectivity index (χ2n) is 8.15. The molecule has 0 radical (unpaired) electrons. The molecule has 1 heterocycles. The Morgan fingerprint density at radius 1 is 1.16 bits per heavy atom. The molecule has 4 rings (SSSR count). The van der Waals surface area contributed by atoms with Crippen LogP contribution in [-0.4, -0.2) is 27.3 Å². The number of fused-ring (bicyclic) bond motifs is 1. The lowest BCUT2D eigenvalue weighted by Gasteiger charge is -2.29. The molecular weight excluding hydrogens is 413 g/mol. The number of hydrogen-bond donors (Lipinski definition) is 1. The van der Waals surface area contributed by atoms with Crippen molar-refractivity contribution in [2.24, 2.45) is 5.92 Å². The van der Waals surface area contributed by atoms with E-state index in [9.17, 15) is 14.0 Å². The zero-order chi connectivity index (χ0) is 21.8. The van der Waals surface area contributed by atoms with Crippen molar-refractivity contribution in [3.05, 3.63) is 70.3 Å². The van der Waals surface area contributed by atoms with Crippen LogP contribution in [0.1, 0.15) is 38.2 Å². The van der Waals surface area contributed by atoms with Crippen LogP contribution in [-0.2, 0) is 11.3 Å². The van der Waals surface area contributed by atoms with Gasteiger partial charge in [-0.05, 0) is 48.6 Å². The molecule has 1 aliphatic rings. The molecule has 1 aliphatic carbocycles. The van der Waals surface area contributed by atoms with Gasteiger partial charge in [0, 0.05) is 6.04 Å². The number of aromatic nitrogens is 2. The van der Waals surface area contributed by atoms with Gasteiger partial charge in [0.1, 0.15) is 5.82 Å². The van der Waals surface area contributed by atoms with Gasteiger partial charge < -0.3 is 5.32 Å². The first-order chi connectivity index (χ1) is 15.0. The van der Waals surface area contributed by atoms with Gasteiger partial charge in [-0.3, -0.25) is 14.2 Å². The van der Waals surface area contributed by atoms with Crippen LogP contribution >= 0.6 is 11.8 Å². The number of halogens is 1. The number of nitrogens with one attached hydrogen (secondary N) is 1. The van der Waals surface area contributed by atoms with E-state index in [0.29, 0.717) is 22.0 Å². The molecule has 31 heavy (non-hydrogen) atoms. The lowest BCUT2D eigenvalue weighted by Crippen LogP contribution is -2.42. The monoisotopic (exact) mass is 439 g/mol. The van der Waals surface area contributed by atoms with Crippen LogP contribution in [0.4, 0.5) is 4.39 Å². The van der Waals surface area contributed by atoms with Gasteiger partial charge in [0.15, 0.2) is 5.16 Å². The fraction of sp³-hybridized carbons (Fsp3) is 0.375. The Labute approximate surface area is 185 Å². The summed E-state index contributed by atoms with van der Waals surface area (Å²) in [6.45, 7) is 2.45. The molecule has 1 aromatic heterocycles. The van der Waals surface area contributed by atoms with Gasteiger partial charge in [-0.1, -0.05) is 55.8 Å².